The smallest absolute Gasteiger partial charge is 0.303 e. The second kappa shape index (κ2) is 7.63. The number of carbonyl (C=O) groups excluding carboxylic acids is 1. The zero-order chi connectivity index (χ0) is 15.9. The highest BCUT2D eigenvalue weighted by molar-refractivity contribution is 7.92. The minimum absolute atomic E-state index is 0.0850. The first-order valence-corrected chi connectivity index (χ1v) is 8.25. The fraction of sp³-hybridized carbons (Fsp3) is 0.385. The molecule has 0 aliphatic heterocycles. The molecular weight excluding hydrogens is 296 g/mol. The van der Waals surface area contributed by atoms with Gasteiger partial charge >= 0.3 is 5.97 Å². The van der Waals surface area contributed by atoms with Crippen LogP contribution in [0.25, 0.3) is 0 Å². The molecule has 8 heteroatoms. The van der Waals surface area contributed by atoms with Crippen molar-refractivity contribution in [3.8, 4) is 0 Å². The van der Waals surface area contributed by atoms with Crippen molar-refractivity contribution in [3.63, 3.8) is 0 Å². The molecular formula is C13H18N2O5S. The van der Waals surface area contributed by atoms with Crippen molar-refractivity contribution in [1.29, 1.82) is 0 Å². The molecule has 0 radical (unpaired) electrons. The summed E-state index contributed by atoms with van der Waals surface area (Å²) in [5.74, 6) is -1.13. The topological polar surface area (TPSA) is 113 Å². The fourth-order valence-electron chi connectivity index (χ4n) is 1.61. The largest absolute Gasteiger partial charge is 0.481 e. The average molecular weight is 314 g/mol. The normalized spacial score (nSPS) is 10.9. The maximum absolute atomic E-state index is 11.8. The van der Waals surface area contributed by atoms with Crippen LogP contribution in [0.2, 0.25) is 0 Å². The summed E-state index contributed by atoms with van der Waals surface area (Å²) in [5.41, 5.74) is 0.794. The Morgan fingerprint density at radius 1 is 1.14 bits per heavy atom. The highest BCUT2D eigenvalue weighted by atomic mass is 32.2. The van der Waals surface area contributed by atoms with E-state index in [1.165, 1.54) is 24.3 Å². The summed E-state index contributed by atoms with van der Waals surface area (Å²) in [6.07, 6.45) is 2.23. The lowest BCUT2D eigenvalue weighted by molar-refractivity contribution is -0.137. The number of carbonyl (C=O) groups is 2. The lowest BCUT2D eigenvalue weighted by Gasteiger charge is -2.07. The van der Waals surface area contributed by atoms with E-state index in [2.05, 4.69) is 10.0 Å². The van der Waals surface area contributed by atoms with Gasteiger partial charge in [-0.25, -0.2) is 8.42 Å². The molecule has 0 aliphatic carbocycles. The summed E-state index contributed by atoms with van der Waals surface area (Å²) in [6, 6.07) is 6.03. The maximum atomic E-state index is 11.8. The van der Waals surface area contributed by atoms with Crippen molar-refractivity contribution in [1.82, 2.24) is 5.32 Å². The molecule has 0 unspecified atom stereocenters. The number of hydrogen-bond donors (Lipinski definition) is 3. The SMILES string of the molecule is CS(=O)(=O)Nc1ccc(C(=O)NCCCCC(=O)O)cc1. The van der Waals surface area contributed by atoms with Gasteiger partial charge in [0.25, 0.3) is 5.91 Å². The number of carboxylic acids is 1. The van der Waals surface area contributed by atoms with Gasteiger partial charge in [-0.05, 0) is 37.1 Å². The summed E-state index contributed by atoms with van der Waals surface area (Å²) in [4.78, 5) is 22.1. The van der Waals surface area contributed by atoms with Crippen molar-refractivity contribution in [2.24, 2.45) is 0 Å². The van der Waals surface area contributed by atoms with Gasteiger partial charge in [0.1, 0.15) is 0 Å². The Balaban J connectivity index is 2.43. The van der Waals surface area contributed by atoms with Crippen LogP contribution in [0.5, 0.6) is 0 Å². The summed E-state index contributed by atoms with van der Waals surface area (Å²) >= 11 is 0. The van der Waals surface area contributed by atoms with Crippen LogP contribution in [0, 0.1) is 0 Å². The number of amides is 1. The van der Waals surface area contributed by atoms with Crippen LogP contribution in [0.1, 0.15) is 29.6 Å². The summed E-state index contributed by atoms with van der Waals surface area (Å²) in [7, 11) is -3.34. The van der Waals surface area contributed by atoms with Crippen molar-refractivity contribution >= 4 is 27.6 Å². The van der Waals surface area contributed by atoms with Gasteiger partial charge in [-0.1, -0.05) is 0 Å². The molecule has 3 N–H and O–H groups in total. The van der Waals surface area contributed by atoms with Gasteiger partial charge in [0.05, 0.1) is 6.26 Å². The Morgan fingerprint density at radius 2 is 1.76 bits per heavy atom. The van der Waals surface area contributed by atoms with Crippen molar-refractivity contribution in [2.75, 3.05) is 17.5 Å². The predicted octanol–water partition coefficient (Wildman–Crippen LogP) is 1.04. The van der Waals surface area contributed by atoms with Crippen LogP contribution in [-0.4, -0.2) is 38.2 Å². The van der Waals surface area contributed by atoms with E-state index in [4.69, 9.17) is 5.11 Å². The Bertz CT molecular complexity index is 595. The molecule has 21 heavy (non-hydrogen) atoms. The molecule has 1 rings (SSSR count). The first-order chi connectivity index (χ1) is 9.78. The molecule has 0 atom stereocenters. The zero-order valence-electron chi connectivity index (χ0n) is 11.6. The minimum atomic E-state index is -3.34. The number of nitrogens with one attached hydrogen (secondary N) is 2. The maximum Gasteiger partial charge on any atom is 0.303 e. The van der Waals surface area contributed by atoms with E-state index in [0.29, 0.717) is 30.6 Å². The molecule has 0 saturated carbocycles. The molecule has 1 amide bonds. The van der Waals surface area contributed by atoms with Crippen LogP contribution in [0.4, 0.5) is 5.69 Å². The molecule has 7 nitrogen and oxygen atoms in total. The Kier molecular flexibility index (Phi) is 6.16. The number of rotatable bonds is 8. The molecule has 0 heterocycles. The van der Waals surface area contributed by atoms with Gasteiger partial charge in [0.2, 0.25) is 10.0 Å². The molecule has 1 aromatic rings. The van der Waals surface area contributed by atoms with Crippen LogP contribution in [0.3, 0.4) is 0 Å². The molecule has 1 aromatic carbocycles. The van der Waals surface area contributed by atoms with Gasteiger partial charge < -0.3 is 10.4 Å². The third kappa shape index (κ3) is 7.31. The van der Waals surface area contributed by atoms with E-state index in [1.54, 1.807) is 0 Å². The number of carboxylic acid groups (broad SMARTS) is 1. The van der Waals surface area contributed by atoms with E-state index in [1.807, 2.05) is 0 Å². The zero-order valence-corrected chi connectivity index (χ0v) is 12.4. The third-order valence-corrected chi connectivity index (χ3v) is 3.16. The Morgan fingerprint density at radius 3 is 2.29 bits per heavy atom. The second-order valence-corrected chi connectivity index (χ2v) is 6.31. The number of hydrogen-bond acceptors (Lipinski definition) is 4. The van der Waals surface area contributed by atoms with Gasteiger partial charge in [-0.15, -0.1) is 0 Å². The van der Waals surface area contributed by atoms with Gasteiger partial charge in [0.15, 0.2) is 0 Å². The monoisotopic (exact) mass is 314 g/mol. The number of unbranched alkanes of at least 4 members (excludes halogenated alkanes) is 1. The standard InChI is InChI=1S/C13H18N2O5S/c1-21(19,20)15-11-7-5-10(6-8-11)13(18)14-9-3-2-4-12(16)17/h5-8,15H,2-4,9H2,1H3,(H,14,18)(H,16,17). The molecule has 0 fully saturated rings. The van der Waals surface area contributed by atoms with E-state index < -0.39 is 16.0 Å². The van der Waals surface area contributed by atoms with Crippen molar-refractivity contribution in [2.45, 2.75) is 19.3 Å². The van der Waals surface area contributed by atoms with Crippen LogP contribution >= 0.6 is 0 Å². The van der Waals surface area contributed by atoms with E-state index in [9.17, 15) is 18.0 Å². The second-order valence-electron chi connectivity index (χ2n) is 4.56. The molecule has 116 valence electrons. The molecule has 0 saturated heterocycles. The van der Waals surface area contributed by atoms with Gasteiger partial charge in [-0.3, -0.25) is 14.3 Å². The number of anilines is 1. The molecule has 0 aromatic heterocycles. The van der Waals surface area contributed by atoms with Crippen LogP contribution in [-0.2, 0) is 14.8 Å². The van der Waals surface area contributed by atoms with E-state index in [0.717, 1.165) is 6.26 Å². The number of benzene rings is 1. The number of aliphatic carboxylic acids is 1. The van der Waals surface area contributed by atoms with E-state index in [-0.39, 0.29) is 12.3 Å². The van der Waals surface area contributed by atoms with Crippen molar-refractivity contribution in [3.05, 3.63) is 29.8 Å². The first kappa shape index (κ1) is 17.0. The van der Waals surface area contributed by atoms with Crippen LogP contribution in [0.15, 0.2) is 24.3 Å². The Hall–Kier alpha value is -2.09. The third-order valence-electron chi connectivity index (χ3n) is 2.55. The first-order valence-electron chi connectivity index (χ1n) is 6.36. The molecule has 0 spiro atoms. The summed E-state index contributed by atoms with van der Waals surface area (Å²) < 4.78 is 24.4. The highest BCUT2D eigenvalue weighted by Crippen LogP contribution is 2.10. The summed E-state index contributed by atoms with van der Waals surface area (Å²) in [5, 5.41) is 11.1. The van der Waals surface area contributed by atoms with Crippen LogP contribution < -0.4 is 10.0 Å². The van der Waals surface area contributed by atoms with Gasteiger partial charge in [-0.2, -0.15) is 0 Å². The summed E-state index contributed by atoms with van der Waals surface area (Å²) in [6.45, 7) is 0.398. The van der Waals surface area contributed by atoms with Crippen molar-refractivity contribution < 1.29 is 23.1 Å². The highest BCUT2D eigenvalue weighted by Gasteiger charge is 2.06. The fourth-order valence-corrected chi connectivity index (χ4v) is 2.17. The average Bonchev–Trinajstić information content (AvgIpc) is 2.36. The number of sulfonamides is 1. The lowest BCUT2D eigenvalue weighted by Crippen LogP contribution is -2.24. The lowest BCUT2D eigenvalue weighted by atomic mass is 10.2. The molecule has 0 aliphatic rings. The predicted molar refractivity (Wildman–Crippen MR) is 78.7 cm³/mol. The Labute approximate surface area is 123 Å². The van der Waals surface area contributed by atoms with Gasteiger partial charge in [0, 0.05) is 24.2 Å². The van der Waals surface area contributed by atoms with E-state index >= 15 is 0 Å². The molecule has 0 bridgehead atoms. The minimum Gasteiger partial charge on any atom is -0.481 e. The quantitative estimate of drug-likeness (QED) is 0.621.